The summed E-state index contributed by atoms with van der Waals surface area (Å²) in [5.74, 6) is 0. The molecule has 1 heterocycles. The minimum atomic E-state index is -0.541. The largest absolute Gasteiger partial charge is 0.385 e. The van der Waals surface area contributed by atoms with E-state index in [2.05, 4.69) is 32.2 Å². The molecule has 1 aliphatic carbocycles. The van der Waals surface area contributed by atoms with Crippen LogP contribution >= 0.6 is 11.3 Å². The van der Waals surface area contributed by atoms with Crippen molar-refractivity contribution >= 4 is 11.3 Å². The first-order valence-electron chi connectivity index (χ1n) is 5.69. The summed E-state index contributed by atoms with van der Waals surface area (Å²) in [5, 5.41) is 12.7. The van der Waals surface area contributed by atoms with E-state index in [9.17, 15) is 5.11 Å². The molecular weight excluding hydrogens is 204 g/mol. The normalized spacial score (nSPS) is 24.0. The van der Waals surface area contributed by atoms with Gasteiger partial charge in [-0.1, -0.05) is 13.8 Å². The van der Waals surface area contributed by atoms with Gasteiger partial charge in [0.25, 0.3) is 0 Å². The Morgan fingerprint density at radius 1 is 1.20 bits per heavy atom. The molecule has 0 aliphatic heterocycles. The molecule has 0 amide bonds. The highest BCUT2D eigenvalue weighted by Crippen LogP contribution is 2.45. The zero-order valence-corrected chi connectivity index (χ0v) is 10.7. The van der Waals surface area contributed by atoms with Crippen molar-refractivity contribution in [3.8, 4) is 0 Å². The quantitative estimate of drug-likeness (QED) is 0.768. The molecule has 1 aromatic heterocycles. The molecular formula is C13H20OS. The summed E-state index contributed by atoms with van der Waals surface area (Å²) in [5.41, 5.74) is 1.01. The Morgan fingerprint density at radius 3 is 2.27 bits per heavy atom. The highest BCUT2D eigenvalue weighted by atomic mass is 32.1. The average Bonchev–Trinajstić information content (AvgIpc) is 2.59. The molecule has 1 aromatic rings. The van der Waals surface area contributed by atoms with E-state index >= 15 is 0 Å². The van der Waals surface area contributed by atoms with Gasteiger partial charge in [-0.3, -0.25) is 0 Å². The third-order valence-corrected chi connectivity index (χ3v) is 4.56. The third kappa shape index (κ3) is 2.26. The molecule has 1 fully saturated rings. The van der Waals surface area contributed by atoms with Crippen LogP contribution in [0.2, 0.25) is 0 Å². The summed E-state index contributed by atoms with van der Waals surface area (Å²) in [4.78, 5) is 1.29. The third-order valence-electron chi connectivity index (χ3n) is 3.70. The lowest BCUT2D eigenvalue weighted by Gasteiger charge is -2.40. The second-order valence-corrected chi connectivity index (χ2v) is 6.76. The Balaban J connectivity index is 2.16. The van der Waals surface area contributed by atoms with Gasteiger partial charge in [-0.25, -0.2) is 0 Å². The van der Waals surface area contributed by atoms with Crippen molar-refractivity contribution < 1.29 is 5.11 Å². The molecule has 1 N–H and O–H groups in total. The van der Waals surface area contributed by atoms with Gasteiger partial charge in [0.1, 0.15) is 0 Å². The molecule has 0 saturated heterocycles. The summed E-state index contributed by atoms with van der Waals surface area (Å²) in [6, 6.07) is 2.14. The highest BCUT2D eigenvalue weighted by molar-refractivity contribution is 7.10. The van der Waals surface area contributed by atoms with Gasteiger partial charge in [0.2, 0.25) is 0 Å². The number of rotatable bonds is 1. The summed E-state index contributed by atoms with van der Waals surface area (Å²) < 4.78 is 0. The molecule has 15 heavy (non-hydrogen) atoms. The molecule has 1 nitrogen and oxygen atoms in total. The lowest BCUT2D eigenvalue weighted by Crippen LogP contribution is -2.34. The van der Waals surface area contributed by atoms with Crippen LogP contribution in [0, 0.1) is 12.3 Å². The molecule has 84 valence electrons. The van der Waals surface area contributed by atoms with E-state index < -0.39 is 5.60 Å². The monoisotopic (exact) mass is 224 g/mol. The van der Waals surface area contributed by atoms with Crippen LogP contribution in [-0.4, -0.2) is 5.11 Å². The molecule has 0 radical (unpaired) electrons. The summed E-state index contributed by atoms with van der Waals surface area (Å²) in [6.07, 6.45) is 4.07. The summed E-state index contributed by atoms with van der Waals surface area (Å²) in [6.45, 7) is 6.70. The van der Waals surface area contributed by atoms with E-state index in [1.165, 1.54) is 4.88 Å². The predicted molar refractivity (Wildman–Crippen MR) is 65.2 cm³/mol. The van der Waals surface area contributed by atoms with Crippen LogP contribution in [0.25, 0.3) is 0 Å². The number of aryl methyl sites for hydroxylation is 1. The zero-order chi connectivity index (χ0) is 11.1. The fraction of sp³-hybridized carbons (Fsp3) is 0.692. The first-order valence-corrected chi connectivity index (χ1v) is 6.57. The van der Waals surface area contributed by atoms with Crippen molar-refractivity contribution in [3.63, 3.8) is 0 Å². The maximum atomic E-state index is 10.6. The SMILES string of the molecule is Cc1cc(C2(O)CCC(C)(C)CC2)cs1. The molecule has 2 rings (SSSR count). The van der Waals surface area contributed by atoms with Gasteiger partial charge in [0.15, 0.2) is 0 Å². The van der Waals surface area contributed by atoms with Crippen molar-refractivity contribution in [2.24, 2.45) is 5.41 Å². The van der Waals surface area contributed by atoms with Gasteiger partial charge >= 0.3 is 0 Å². The van der Waals surface area contributed by atoms with Gasteiger partial charge in [0.05, 0.1) is 5.60 Å². The Labute approximate surface area is 96.1 Å². The topological polar surface area (TPSA) is 20.2 Å². The van der Waals surface area contributed by atoms with Crippen LogP contribution in [0.4, 0.5) is 0 Å². The minimum Gasteiger partial charge on any atom is -0.385 e. The van der Waals surface area contributed by atoms with E-state index in [-0.39, 0.29) is 0 Å². The average molecular weight is 224 g/mol. The molecule has 0 bridgehead atoms. The van der Waals surface area contributed by atoms with Crippen LogP contribution in [0.1, 0.15) is 50.0 Å². The Morgan fingerprint density at radius 2 is 1.80 bits per heavy atom. The van der Waals surface area contributed by atoms with Crippen LogP contribution in [-0.2, 0) is 5.60 Å². The summed E-state index contributed by atoms with van der Waals surface area (Å²) in [7, 11) is 0. The first-order chi connectivity index (χ1) is 6.91. The van der Waals surface area contributed by atoms with Crippen molar-refractivity contribution in [2.75, 3.05) is 0 Å². The van der Waals surface area contributed by atoms with Gasteiger partial charge in [-0.15, -0.1) is 11.3 Å². The molecule has 0 atom stereocenters. The number of thiophene rings is 1. The van der Waals surface area contributed by atoms with Crippen LogP contribution in [0.3, 0.4) is 0 Å². The minimum absolute atomic E-state index is 0.414. The second-order valence-electron chi connectivity index (χ2n) is 5.64. The van der Waals surface area contributed by atoms with Gasteiger partial charge in [-0.2, -0.15) is 0 Å². The number of hydrogen-bond acceptors (Lipinski definition) is 2. The fourth-order valence-electron chi connectivity index (χ4n) is 2.32. The maximum absolute atomic E-state index is 10.6. The van der Waals surface area contributed by atoms with E-state index in [4.69, 9.17) is 0 Å². The smallest absolute Gasteiger partial charge is 0.0905 e. The van der Waals surface area contributed by atoms with Crippen molar-refractivity contribution in [1.29, 1.82) is 0 Å². The van der Waals surface area contributed by atoms with E-state index in [1.807, 2.05) is 0 Å². The Hall–Kier alpha value is -0.340. The lowest BCUT2D eigenvalue weighted by atomic mass is 9.69. The van der Waals surface area contributed by atoms with Gasteiger partial charge < -0.3 is 5.11 Å². The molecule has 1 saturated carbocycles. The second kappa shape index (κ2) is 3.60. The fourth-order valence-corrected chi connectivity index (χ4v) is 3.11. The van der Waals surface area contributed by atoms with E-state index in [1.54, 1.807) is 11.3 Å². The number of hydrogen-bond donors (Lipinski definition) is 1. The standard InChI is InChI=1S/C13H20OS/c1-10-8-11(9-15-10)13(14)6-4-12(2,3)5-7-13/h8-9,14H,4-7H2,1-3H3. The Kier molecular flexibility index (Phi) is 2.68. The van der Waals surface area contributed by atoms with Crippen LogP contribution in [0.5, 0.6) is 0 Å². The molecule has 0 aromatic carbocycles. The molecule has 1 aliphatic rings. The predicted octanol–water partition coefficient (Wildman–Crippen LogP) is 3.84. The number of aliphatic hydroxyl groups is 1. The van der Waals surface area contributed by atoms with Crippen molar-refractivity contribution in [3.05, 3.63) is 21.9 Å². The van der Waals surface area contributed by atoms with Gasteiger partial charge in [-0.05, 0) is 55.0 Å². The van der Waals surface area contributed by atoms with E-state index in [0.717, 1.165) is 31.2 Å². The molecule has 0 spiro atoms. The lowest BCUT2D eigenvalue weighted by molar-refractivity contribution is -0.0302. The van der Waals surface area contributed by atoms with E-state index in [0.29, 0.717) is 5.41 Å². The van der Waals surface area contributed by atoms with Crippen molar-refractivity contribution in [1.82, 2.24) is 0 Å². The molecule has 0 unspecified atom stereocenters. The summed E-state index contributed by atoms with van der Waals surface area (Å²) >= 11 is 1.74. The van der Waals surface area contributed by atoms with Crippen molar-refractivity contribution in [2.45, 2.75) is 52.1 Å². The zero-order valence-electron chi connectivity index (χ0n) is 9.84. The van der Waals surface area contributed by atoms with Crippen LogP contribution in [0.15, 0.2) is 11.4 Å². The highest BCUT2D eigenvalue weighted by Gasteiger charge is 2.38. The maximum Gasteiger partial charge on any atom is 0.0905 e. The molecule has 2 heteroatoms. The first kappa shape index (κ1) is 11.2. The Bertz CT molecular complexity index is 341. The van der Waals surface area contributed by atoms with Crippen LogP contribution < -0.4 is 0 Å². The van der Waals surface area contributed by atoms with Gasteiger partial charge in [0, 0.05) is 4.88 Å².